The summed E-state index contributed by atoms with van der Waals surface area (Å²) in [4.78, 5) is 20.0. The molecule has 2 aromatic heterocycles. The summed E-state index contributed by atoms with van der Waals surface area (Å²) in [5, 5.41) is 6.80. The lowest BCUT2D eigenvalue weighted by Crippen LogP contribution is -2.25. The predicted molar refractivity (Wildman–Crippen MR) is 87.0 cm³/mol. The molecule has 3 rings (SSSR count). The highest BCUT2D eigenvalue weighted by Crippen LogP contribution is 2.28. The monoisotopic (exact) mass is 330 g/mol. The van der Waals surface area contributed by atoms with Crippen LogP contribution in [0, 0.1) is 5.92 Å². The van der Waals surface area contributed by atoms with Gasteiger partial charge in [0.1, 0.15) is 0 Å². The van der Waals surface area contributed by atoms with Gasteiger partial charge in [0.15, 0.2) is 0 Å². The quantitative estimate of drug-likeness (QED) is 0.670. The predicted octanol–water partition coefficient (Wildman–Crippen LogP) is 2.00. The molecule has 0 saturated heterocycles. The molecule has 1 N–H and O–H groups in total. The fourth-order valence-electron chi connectivity index (χ4n) is 2.22. The van der Waals surface area contributed by atoms with Crippen LogP contribution in [0.5, 0.6) is 0 Å². The Labute approximate surface area is 140 Å². The molecule has 1 saturated carbocycles. The summed E-state index contributed by atoms with van der Waals surface area (Å²) in [6, 6.07) is 3.62. The Morgan fingerprint density at radius 2 is 2.17 bits per heavy atom. The highest BCUT2D eigenvalue weighted by atomic mass is 16.5. The van der Waals surface area contributed by atoms with E-state index >= 15 is 0 Å². The van der Waals surface area contributed by atoms with Crippen molar-refractivity contribution in [2.24, 2.45) is 5.92 Å². The van der Waals surface area contributed by atoms with E-state index in [-0.39, 0.29) is 5.91 Å². The molecule has 1 aliphatic rings. The van der Waals surface area contributed by atoms with Gasteiger partial charge in [-0.15, -0.1) is 0 Å². The van der Waals surface area contributed by atoms with Gasteiger partial charge in [-0.2, -0.15) is 4.98 Å². The van der Waals surface area contributed by atoms with Gasteiger partial charge >= 0.3 is 0 Å². The number of aryl methyl sites for hydroxylation is 1. The largest absolute Gasteiger partial charge is 0.381 e. The van der Waals surface area contributed by atoms with E-state index in [1.54, 1.807) is 12.4 Å². The molecule has 2 aromatic rings. The number of ether oxygens (including phenoxy) is 1. The minimum Gasteiger partial charge on any atom is -0.381 e. The van der Waals surface area contributed by atoms with E-state index in [1.807, 2.05) is 12.1 Å². The molecule has 0 unspecified atom stereocenters. The molecule has 7 heteroatoms. The molecule has 0 spiro atoms. The Morgan fingerprint density at radius 1 is 1.33 bits per heavy atom. The maximum absolute atomic E-state index is 11.8. The summed E-state index contributed by atoms with van der Waals surface area (Å²) in [5.41, 5.74) is 0.843. The zero-order valence-electron chi connectivity index (χ0n) is 13.6. The normalized spacial score (nSPS) is 13.8. The number of hydrogen-bond acceptors (Lipinski definition) is 6. The molecule has 0 aromatic carbocycles. The first kappa shape index (κ1) is 16.6. The van der Waals surface area contributed by atoms with Crippen molar-refractivity contribution in [3.8, 4) is 11.4 Å². The van der Waals surface area contributed by atoms with Crippen LogP contribution >= 0.6 is 0 Å². The lowest BCUT2D eigenvalue weighted by molar-refractivity contribution is -0.121. The minimum atomic E-state index is -0.0131. The third-order valence-electron chi connectivity index (χ3n) is 3.81. The van der Waals surface area contributed by atoms with E-state index in [0.717, 1.165) is 24.5 Å². The van der Waals surface area contributed by atoms with Crippen molar-refractivity contribution in [1.82, 2.24) is 20.4 Å². The lowest BCUT2D eigenvalue weighted by atomic mass is 10.2. The standard InChI is InChI=1S/C17H22N4O3/c22-15(19-8-1-11-23-12-13-2-3-13)4-5-16-20-17(21-24-16)14-6-9-18-10-7-14/h6-7,9-10,13H,1-5,8,11-12H2,(H,19,22). The van der Waals surface area contributed by atoms with Crippen LogP contribution in [-0.4, -0.2) is 40.8 Å². The van der Waals surface area contributed by atoms with Crippen LogP contribution in [0.25, 0.3) is 11.4 Å². The number of hydrogen-bond donors (Lipinski definition) is 1. The SMILES string of the molecule is O=C(CCc1nc(-c2ccncc2)no1)NCCCOCC1CC1. The molecule has 24 heavy (non-hydrogen) atoms. The van der Waals surface area contributed by atoms with Gasteiger partial charge in [0.25, 0.3) is 0 Å². The van der Waals surface area contributed by atoms with Crippen molar-refractivity contribution in [2.45, 2.75) is 32.1 Å². The number of pyridine rings is 1. The summed E-state index contributed by atoms with van der Waals surface area (Å²) in [6.07, 6.45) is 7.55. The molecule has 1 aliphatic carbocycles. The summed E-state index contributed by atoms with van der Waals surface area (Å²) >= 11 is 0. The first-order chi connectivity index (χ1) is 11.8. The van der Waals surface area contributed by atoms with Crippen LogP contribution in [0.4, 0.5) is 0 Å². The molecular weight excluding hydrogens is 308 g/mol. The third kappa shape index (κ3) is 5.42. The van der Waals surface area contributed by atoms with E-state index < -0.39 is 0 Å². The molecule has 0 bridgehead atoms. The van der Waals surface area contributed by atoms with E-state index in [2.05, 4.69) is 20.4 Å². The van der Waals surface area contributed by atoms with Gasteiger partial charge in [0, 0.05) is 50.6 Å². The van der Waals surface area contributed by atoms with Crippen LogP contribution in [0.1, 0.15) is 31.6 Å². The number of aromatic nitrogens is 3. The third-order valence-corrected chi connectivity index (χ3v) is 3.81. The van der Waals surface area contributed by atoms with Gasteiger partial charge in [-0.3, -0.25) is 9.78 Å². The van der Waals surface area contributed by atoms with E-state index in [4.69, 9.17) is 9.26 Å². The topological polar surface area (TPSA) is 90.1 Å². The Morgan fingerprint density at radius 3 is 2.96 bits per heavy atom. The molecule has 0 atom stereocenters. The number of carbonyl (C=O) groups is 1. The number of carbonyl (C=O) groups excluding carboxylic acids is 1. The summed E-state index contributed by atoms with van der Waals surface area (Å²) in [7, 11) is 0. The summed E-state index contributed by atoms with van der Waals surface area (Å²) in [6.45, 7) is 2.20. The van der Waals surface area contributed by atoms with E-state index in [1.165, 1.54) is 12.8 Å². The molecule has 1 amide bonds. The van der Waals surface area contributed by atoms with Gasteiger partial charge in [0.05, 0.1) is 0 Å². The highest BCUT2D eigenvalue weighted by molar-refractivity contribution is 5.75. The molecule has 7 nitrogen and oxygen atoms in total. The van der Waals surface area contributed by atoms with Gasteiger partial charge in [-0.25, -0.2) is 0 Å². The Balaban J connectivity index is 1.30. The van der Waals surface area contributed by atoms with Crippen molar-refractivity contribution in [3.05, 3.63) is 30.4 Å². The van der Waals surface area contributed by atoms with Gasteiger partial charge < -0.3 is 14.6 Å². The van der Waals surface area contributed by atoms with Crippen molar-refractivity contribution in [3.63, 3.8) is 0 Å². The van der Waals surface area contributed by atoms with Crippen LogP contribution in [0.2, 0.25) is 0 Å². The van der Waals surface area contributed by atoms with Crippen LogP contribution in [0.3, 0.4) is 0 Å². The maximum Gasteiger partial charge on any atom is 0.227 e. The van der Waals surface area contributed by atoms with Crippen LogP contribution in [-0.2, 0) is 16.0 Å². The number of nitrogens with one attached hydrogen (secondary N) is 1. The fraction of sp³-hybridized carbons (Fsp3) is 0.529. The zero-order chi connectivity index (χ0) is 16.6. The molecular formula is C17H22N4O3. The van der Waals surface area contributed by atoms with Crippen molar-refractivity contribution >= 4 is 5.91 Å². The fourth-order valence-corrected chi connectivity index (χ4v) is 2.22. The molecule has 0 aliphatic heterocycles. The molecule has 1 fully saturated rings. The second-order valence-corrected chi connectivity index (χ2v) is 5.97. The summed E-state index contributed by atoms with van der Waals surface area (Å²) in [5.74, 6) is 1.75. The second kappa shape index (κ2) is 8.54. The van der Waals surface area contributed by atoms with Crippen molar-refractivity contribution < 1.29 is 14.1 Å². The number of nitrogens with zero attached hydrogens (tertiary/aromatic N) is 3. The van der Waals surface area contributed by atoms with Crippen LogP contribution < -0.4 is 5.32 Å². The Hall–Kier alpha value is -2.28. The highest BCUT2D eigenvalue weighted by Gasteiger charge is 2.20. The van der Waals surface area contributed by atoms with E-state index in [9.17, 15) is 4.79 Å². The molecule has 2 heterocycles. The lowest BCUT2D eigenvalue weighted by Gasteiger charge is -2.05. The Kier molecular flexibility index (Phi) is 5.90. The average Bonchev–Trinajstić information content (AvgIpc) is 3.32. The average molecular weight is 330 g/mol. The number of amides is 1. The van der Waals surface area contributed by atoms with Crippen molar-refractivity contribution in [1.29, 1.82) is 0 Å². The smallest absolute Gasteiger partial charge is 0.227 e. The van der Waals surface area contributed by atoms with Crippen LogP contribution in [0.15, 0.2) is 29.0 Å². The molecule has 128 valence electrons. The zero-order valence-corrected chi connectivity index (χ0v) is 13.6. The van der Waals surface area contributed by atoms with Gasteiger partial charge in [-0.05, 0) is 37.3 Å². The maximum atomic E-state index is 11.8. The summed E-state index contributed by atoms with van der Waals surface area (Å²) < 4.78 is 10.7. The molecule has 0 radical (unpaired) electrons. The second-order valence-electron chi connectivity index (χ2n) is 5.97. The van der Waals surface area contributed by atoms with Gasteiger partial charge in [0.2, 0.25) is 17.6 Å². The first-order valence-electron chi connectivity index (χ1n) is 8.38. The van der Waals surface area contributed by atoms with Crippen molar-refractivity contribution in [2.75, 3.05) is 19.8 Å². The Bertz CT molecular complexity index is 640. The number of rotatable bonds is 10. The minimum absolute atomic E-state index is 0.0131. The first-order valence-corrected chi connectivity index (χ1v) is 8.38. The van der Waals surface area contributed by atoms with E-state index in [0.29, 0.717) is 37.7 Å². The van der Waals surface area contributed by atoms with Gasteiger partial charge in [-0.1, -0.05) is 5.16 Å².